The van der Waals surface area contributed by atoms with E-state index in [1.54, 1.807) is 24.0 Å². The Labute approximate surface area is 195 Å². The van der Waals surface area contributed by atoms with Crippen LogP contribution in [-0.4, -0.2) is 56.9 Å². The molecule has 0 unspecified atom stereocenters. The molecule has 2 aromatic carbocycles. The van der Waals surface area contributed by atoms with Crippen LogP contribution in [0.3, 0.4) is 0 Å². The molecule has 3 aromatic rings. The van der Waals surface area contributed by atoms with Crippen molar-refractivity contribution in [3.8, 4) is 0 Å². The molecule has 0 atom stereocenters. The molecule has 176 valence electrons. The molecule has 0 bridgehead atoms. The van der Waals surface area contributed by atoms with Crippen molar-refractivity contribution in [3.63, 3.8) is 0 Å². The van der Waals surface area contributed by atoms with Crippen LogP contribution in [0.2, 0.25) is 0 Å². The van der Waals surface area contributed by atoms with E-state index in [4.69, 9.17) is 0 Å². The molecule has 2 heterocycles. The number of piperazine rings is 1. The predicted molar refractivity (Wildman–Crippen MR) is 124 cm³/mol. The Bertz CT molecular complexity index is 1320. The molecule has 1 aliphatic rings. The molecule has 1 aliphatic heterocycles. The van der Waals surface area contributed by atoms with Crippen LogP contribution in [0, 0.1) is 12.7 Å². The first kappa shape index (κ1) is 23.2. The van der Waals surface area contributed by atoms with Crippen molar-refractivity contribution in [2.45, 2.75) is 20.0 Å². The maximum absolute atomic E-state index is 13.8. The van der Waals surface area contributed by atoms with Crippen molar-refractivity contribution in [2.75, 3.05) is 26.2 Å². The van der Waals surface area contributed by atoms with Gasteiger partial charge in [-0.3, -0.25) is 23.5 Å². The Kier molecular flexibility index (Phi) is 6.72. The van der Waals surface area contributed by atoms with E-state index in [2.05, 4.69) is 0 Å². The minimum Gasteiger partial charge on any atom is -0.338 e. The highest BCUT2D eigenvalue weighted by Gasteiger charge is 2.26. The number of carbonyl (C=O) groups is 2. The monoisotopic (exact) mass is 464 g/mol. The number of hydrogen-bond acceptors (Lipinski definition) is 4. The van der Waals surface area contributed by atoms with Crippen LogP contribution >= 0.6 is 0 Å². The average molecular weight is 464 g/mol. The Morgan fingerprint density at radius 2 is 1.59 bits per heavy atom. The molecular formula is C25H25FN4O4. The van der Waals surface area contributed by atoms with Gasteiger partial charge in [0, 0.05) is 44.0 Å². The molecule has 0 spiro atoms. The second-order valence-electron chi connectivity index (χ2n) is 8.27. The molecule has 0 aliphatic carbocycles. The highest BCUT2D eigenvalue weighted by Crippen LogP contribution is 2.13. The summed E-state index contributed by atoms with van der Waals surface area (Å²) in [4.78, 5) is 53.7. The zero-order chi connectivity index (χ0) is 24.2. The van der Waals surface area contributed by atoms with E-state index in [9.17, 15) is 23.6 Å². The quantitative estimate of drug-likeness (QED) is 0.573. The van der Waals surface area contributed by atoms with Crippen molar-refractivity contribution in [2.24, 2.45) is 0 Å². The summed E-state index contributed by atoms with van der Waals surface area (Å²) in [5, 5.41) is 0. The van der Waals surface area contributed by atoms with Gasteiger partial charge in [0.2, 0.25) is 5.91 Å². The number of carbonyl (C=O) groups excluding carboxylic acids is 2. The second-order valence-corrected chi connectivity index (χ2v) is 8.27. The van der Waals surface area contributed by atoms with E-state index in [1.165, 1.54) is 27.8 Å². The van der Waals surface area contributed by atoms with Crippen LogP contribution in [-0.2, 0) is 17.9 Å². The minimum atomic E-state index is -0.556. The fourth-order valence-electron chi connectivity index (χ4n) is 3.91. The Balaban J connectivity index is 1.41. The van der Waals surface area contributed by atoms with Crippen molar-refractivity contribution in [1.82, 2.24) is 18.9 Å². The lowest BCUT2D eigenvalue weighted by Gasteiger charge is -2.35. The van der Waals surface area contributed by atoms with E-state index >= 15 is 0 Å². The number of amides is 2. The normalized spacial score (nSPS) is 13.7. The van der Waals surface area contributed by atoms with Crippen LogP contribution in [0.1, 0.15) is 21.5 Å². The lowest BCUT2D eigenvalue weighted by atomic mass is 10.1. The van der Waals surface area contributed by atoms with Gasteiger partial charge in [0.15, 0.2) is 0 Å². The van der Waals surface area contributed by atoms with Crippen molar-refractivity contribution < 1.29 is 14.0 Å². The van der Waals surface area contributed by atoms with Gasteiger partial charge in [0.1, 0.15) is 12.4 Å². The number of rotatable bonds is 5. The Morgan fingerprint density at radius 3 is 2.26 bits per heavy atom. The maximum atomic E-state index is 13.8. The maximum Gasteiger partial charge on any atom is 0.331 e. The topological polar surface area (TPSA) is 84.6 Å². The molecule has 0 saturated carbocycles. The zero-order valence-electron chi connectivity index (χ0n) is 18.8. The first-order valence-electron chi connectivity index (χ1n) is 11.0. The molecule has 0 radical (unpaired) electrons. The molecule has 9 heteroatoms. The molecule has 0 N–H and O–H groups in total. The van der Waals surface area contributed by atoms with Gasteiger partial charge in [-0.2, -0.15) is 0 Å². The molecule has 1 fully saturated rings. The summed E-state index contributed by atoms with van der Waals surface area (Å²) in [6, 6.07) is 15.0. The third-order valence-electron chi connectivity index (χ3n) is 5.97. The Morgan fingerprint density at radius 1 is 0.912 bits per heavy atom. The Hall–Kier alpha value is -4.01. The van der Waals surface area contributed by atoms with Gasteiger partial charge in [-0.05, 0) is 30.2 Å². The van der Waals surface area contributed by atoms with Crippen LogP contribution in [0.25, 0.3) is 0 Å². The van der Waals surface area contributed by atoms with Crippen molar-refractivity contribution >= 4 is 11.8 Å². The molecule has 4 rings (SSSR count). The van der Waals surface area contributed by atoms with Crippen LogP contribution < -0.4 is 11.2 Å². The van der Waals surface area contributed by atoms with Gasteiger partial charge >= 0.3 is 5.69 Å². The SMILES string of the molecule is Cc1ccc(C(=O)N2CCN(C(=O)Cn3c(=O)ccn(Cc4ccccc4)c3=O)CC2)cc1F. The standard InChI is InChI=1S/C25H25FN4O4/c1-18-7-8-20(15-21(18)26)24(33)28-13-11-27(12-14-28)23(32)17-30-22(31)9-10-29(25(30)34)16-19-5-3-2-4-6-19/h2-10,15H,11-14,16-17H2,1H3. The lowest BCUT2D eigenvalue weighted by Crippen LogP contribution is -2.52. The van der Waals surface area contributed by atoms with Crippen molar-refractivity contribution in [3.05, 3.63) is 104 Å². The molecular weight excluding hydrogens is 439 g/mol. The largest absolute Gasteiger partial charge is 0.338 e. The average Bonchev–Trinajstić information content (AvgIpc) is 2.85. The fraction of sp³-hybridized carbons (Fsp3) is 0.280. The number of aryl methyl sites for hydroxylation is 1. The first-order valence-corrected chi connectivity index (χ1v) is 11.0. The number of halogens is 1. The zero-order valence-corrected chi connectivity index (χ0v) is 18.8. The fourth-order valence-corrected chi connectivity index (χ4v) is 3.91. The summed E-state index contributed by atoms with van der Waals surface area (Å²) < 4.78 is 16.1. The number of benzene rings is 2. The highest BCUT2D eigenvalue weighted by atomic mass is 19.1. The van der Waals surface area contributed by atoms with Crippen LogP contribution in [0.5, 0.6) is 0 Å². The van der Waals surface area contributed by atoms with E-state index in [1.807, 2.05) is 30.3 Å². The van der Waals surface area contributed by atoms with Gasteiger partial charge in [0.05, 0.1) is 6.54 Å². The summed E-state index contributed by atoms with van der Waals surface area (Å²) >= 11 is 0. The highest BCUT2D eigenvalue weighted by molar-refractivity contribution is 5.94. The molecule has 8 nitrogen and oxygen atoms in total. The summed E-state index contributed by atoms with van der Waals surface area (Å²) in [5.74, 6) is -1.11. The third kappa shape index (κ3) is 4.98. The number of aromatic nitrogens is 2. The van der Waals surface area contributed by atoms with Gasteiger partial charge in [-0.15, -0.1) is 0 Å². The second kappa shape index (κ2) is 9.86. The van der Waals surface area contributed by atoms with E-state index in [0.717, 1.165) is 10.1 Å². The van der Waals surface area contributed by atoms with Gasteiger partial charge in [-0.25, -0.2) is 9.18 Å². The lowest BCUT2D eigenvalue weighted by molar-refractivity contribution is -0.133. The summed E-state index contributed by atoms with van der Waals surface area (Å²) in [6.07, 6.45) is 1.43. The summed E-state index contributed by atoms with van der Waals surface area (Å²) in [5.41, 5.74) is 0.525. The smallest absolute Gasteiger partial charge is 0.331 e. The van der Waals surface area contributed by atoms with Crippen molar-refractivity contribution in [1.29, 1.82) is 0 Å². The van der Waals surface area contributed by atoms with Gasteiger partial charge < -0.3 is 9.80 Å². The van der Waals surface area contributed by atoms with Gasteiger partial charge in [-0.1, -0.05) is 36.4 Å². The molecule has 1 aromatic heterocycles. The summed E-state index contributed by atoms with van der Waals surface area (Å²) in [7, 11) is 0. The van der Waals surface area contributed by atoms with E-state index in [0.29, 0.717) is 5.56 Å². The predicted octanol–water partition coefficient (Wildman–Crippen LogP) is 1.49. The van der Waals surface area contributed by atoms with E-state index in [-0.39, 0.29) is 56.6 Å². The van der Waals surface area contributed by atoms with E-state index < -0.39 is 17.1 Å². The minimum absolute atomic E-state index is 0.262. The van der Waals surface area contributed by atoms with Gasteiger partial charge in [0.25, 0.3) is 11.5 Å². The number of nitrogens with zero attached hydrogens (tertiary/aromatic N) is 4. The third-order valence-corrected chi connectivity index (χ3v) is 5.97. The molecule has 1 saturated heterocycles. The number of hydrogen-bond donors (Lipinski definition) is 0. The van der Waals surface area contributed by atoms with Crippen LogP contribution in [0.15, 0.2) is 70.4 Å². The molecule has 34 heavy (non-hydrogen) atoms. The first-order chi connectivity index (χ1) is 16.3. The van der Waals surface area contributed by atoms with Crippen LogP contribution in [0.4, 0.5) is 4.39 Å². The molecule has 2 amide bonds. The summed E-state index contributed by atoms with van der Waals surface area (Å²) in [6.45, 7) is 2.63.